The maximum Gasteiger partial charge on any atom is 0.163 e. The van der Waals surface area contributed by atoms with E-state index in [4.69, 9.17) is 18.9 Å². The molecule has 0 aliphatic carbocycles. The zero-order chi connectivity index (χ0) is 48.2. The van der Waals surface area contributed by atoms with Gasteiger partial charge < -0.3 is 18.9 Å². The van der Waals surface area contributed by atoms with Gasteiger partial charge in [0.05, 0.1) is 28.4 Å². The predicted molar refractivity (Wildman–Crippen MR) is 258 cm³/mol. The Bertz CT molecular complexity index is 2680. The Kier molecular flexibility index (Phi) is 20.2. The van der Waals surface area contributed by atoms with E-state index < -0.39 is 0 Å². The van der Waals surface area contributed by atoms with Crippen LogP contribution >= 0.6 is 0 Å². The smallest absolute Gasteiger partial charge is 0.163 e. The Labute approximate surface area is 381 Å². The van der Waals surface area contributed by atoms with Gasteiger partial charge in [-0.15, -0.1) is 0 Å². The van der Waals surface area contributed by atoms with Crippen LogP contribution in [0.1, 0.15) is 109 Å². The SMILES string of the molecule is CC(=O)c1ccc(C(C)=O)cc1.CC(=O)c1ccc2cc(C(C)=O)ccc2c1.COc1ccc(C(C)=O)cc1.COc1ccc2cc(C(C)=O)ccc2c1.COc1cccc(C)c1OC. The lowest BCUT2D eigenvalue weighted by Gasteiger charge is -2.08. The van der Waals surface area contributed by atoms with E-state index in [1.807, 2.05) is 85.8 Å². The summed E-state index contributed by atoms with van der Waals surface area (Å²) < 4.78 is 20.3. The second-order valence-electron chi connectivity index (χ2n) is 14.7. The van der Waals surface area contributed by atoms with Crippen LogP contribution in [0.15, 0.2) is 140 Å². The number of carbonyl (C=O) groups is 6. The van der Waals surface area contributed by atoms with E-state index in [0.29, 0.717) is 27.8 Å². The highest BCUT2D eigenvalue weighted by molar-refractivity contribution is 6.02. The first kappa shape index (κ1) is 51.6. The summed E-state index contributed by atoms with van der Waals surface area (Å²) in [6.07, 6.45) is 0. The molecule has 7 aromatic rings. The van der Waals surface area contributed by atoms with Gasteiger partial charge in [-0.05, 0) is 136 Å². The van der Waals surface area contributed by atoms with Crippen LogP contribution in [-0.4, -0.2) is 63.1 Å². The number of ketones is 6. The van der Waals surface area contributed by atoms with E-state index >= 15 is 0 Å². The molecule has 0 unspecified atom stereocenters. The number of hydrogen-bond donors (Lipinski definition) is 0. The summed E-state index contributed by atoms with van der Waals surface area (Å²) >= 11 is 0. The highest BCUT2D eigenvalue weighted by Gasteiger charge is 2.06. The maximum atomic E-state index is 11.2. The summed E-state index contributed by atoms with van der Waals surface area (Å²) in [6.45, 7) is 11.2. The highest BCUT2D eigenvalue weighted by Crippen LogP contribution is 2.29. The second kappa shape index (κ2) is 25.4. The van der Waals surface area contributed by atoms with E-state index in [1.165, 1.54) is 13.8 Å². The van der Waals surface area contributed by atoms with Crippen molar-refractivity contribution >= 4 is 56.2 Å². The van der Waals surface area contributed by atoms with Crippen molar-refractivity contribution in [3.63, 3.8) is 0 Å². The van der Waals surface area contributed by atoms with Crippen molar-refractivity contribution in [2.24, 2.45) is 0 Å². The molecular weight excluding hydrogens is 821 g/mol. The van der Waals surface area contributed by atoms with Crippen molar-refractivity contribution in [3.8, 4) is 23.0 Å². The van der Waals surface area contributed by atoms with Crippen molar-refractivity contribution in [2.75, 3.05) is 28.4 Å². The van der Waals surface area contributed by atoms with E-state index in [-0.39, 0.29) is 34.7 Å². The molecule has 0 N–H and O–H groups in total. The number of methoxy groups -OCH3 is 4. The van der Waals surface area contributed by atoms with Crippen LogP contribution < -0.4 is 18.9 Å². The van der Waals surface area contributed by atoms with Crippen molar-refractivity contribution in [2.45, 2.75) is 48.5 Å². The lowest BCUT2D eigenvalue weighted by Crippen LogP contribution is -1.95. The molecule has 0 aliphatic rings. The minimum absolute atomic E-state index is 0.0186. The van der Waals surface area contributed by atoms with Crippen molar-refractivity contribution in [3.05, 3.63) is 178 Å². The van der Waals surface area contributed by atoms with Crippen LogP contribution in [0, 0.1) is 6.92 Å². The fourth-order valence-electron chi connectivity index (χ4n) is 6.07. The van der Waals surface area contributed by atoms with Gasteiger partial charge in [0.15, 0.2) is 46.2 Å². The number of Topliss-reactive ketones (excluding diaryl/α,β-unsaturated/α-hetero) is 6. The van der Waals surface area contributed by atoms with Crippen molar-refractivity contribution in [1.82, 2.24) is 0 Å². The number of benzene rings is 7. The van der Waals surface area contributed by atoms with Crippen molar-refractivity contribution in [1.29, 1.82) is 0 Å². The average molecular weight is 877 g/mol. The first-order valence-electron chi connectivity index (χ1n) is 20.5. The molecule has 0 saturated carbocycles. The summed E-state index contributed by atoms with van der Waals surface area (Å²) in [7, 11) is 6.52. The molecule has 0 saturated heterocycles. The molecule has 0 bridgehead atoms. The largest absolute Gasteiger partial charge is 0.497 e. The zero-order valence-electron chi connectivity index (χ0n) is 38.9. The number of hydrogen-bond acceptors (Lipinski definition) is 10. The first-order chi connectivity index (χ1) is 30.9. The zero-order valence-corrected chi connectivity index (χ0v) is 38.9. The molecule has 65 heavy (non-hydrogen) atoms. The third kappa shape index (κ3) is 15.9. The molecule has 10 heteroatoms. The quantitative estimate of drug-likeness (QED) is 0.122. The van der Waals surface area contributed by atoms with Crippen LogP contribution in [0.5, 0.6) is 23.0 Å². The highest BCUT2D eigenvalue weighted by atomic mass is 16.5. The van der Waals surface area contributed by atoms with Gasteiger partial charge in [-0.1, -0.05) is 78.9 Å². The molecule has 0 fully saturated rings. The standard InChI is InChI=1S/C14H12O2.C13H12O2.C10H10O2.C9H12O2.C9H10O2/c1-9(15)11-3-5-14-8-12(10(2)16)4-6-13(14)7-11;1-9(14)10-3-4-12-8-13(15-2)6-5-11(12)7-10;1-7(11)9-3-5-10(6-4-9)8(2)12;1-7-5-4-6-8(10-2)9(7)11-3;1-7(10)8-3-5-9(11-2)6-4-8/h3-8H,1-2H3;3-8H,1-2H3;3-6H,1-2H3;4-6H,1-3H3;3-6H,1-2H3. The first-order valence-corrected chi connectivity index (χ1v) is 20.5. The molecule has 0 aromatic heterocycles. The average Bonchev–Trinajstić information content (AvgIpc) is 3.31. The molecule has 7 aromatic carbocycles. The van der Waals surface area contributed by atoms with E-state index in [1.54, 1.807) is 117 Å². The van der Waals surface area contributed by atoms with E-state index in [2.05, 4.69) is 0 Å². The third-order valence-electron chi connectivity index (χ3n) is 9.90. The number of ether oxygens (including phenoxy) is 4. The number of carbonyl (C=O) groups excluding carboxylic acids is 6. The Hall–Kier alpha value is -7.72. The molecule has 7 rings (SSSR count). The van der Waals surface area contributed by atoms with Gasteiger partial charge >= 0.3 is 0 Å². The van der Waals surface area contributed by atoms with Crippen LogP contribution in [0.25, 0.3) is 21.5 Å². The van der Waals surface area contributed by atoms with E-state index in [0.717, 1.165) is 55.7 Å². The monoisotopic (exact) mass is 876 g/mol. The van der Waals surface area contributed by atoms with Crippen molar-refractivity contribution < 1.29 is 47.7 Å². The Morgan fingerprint density at radius 2 is 0.631 bits per heavy atom. The third-order valence-corrected chi connectivity index (χ3v) is 9.90. The molecule has 0 spiro atoms. The molecule has 0 atom stereocenters. The lowest BCUT2D eigenvalue weighted by atomic mass is 10.0. The molecule has 0 heterocycles. The maximum absolute atomic E-state index is 11.2. The second-order valence-corrected chi connectivity index (χ2v) is 14.7. The fraction of sp³-hybridized carbons (Fsp3) is 0.200. The van der Waals surface area contributed by atoms with Crippen LogP contribution in [0.4, 0.5) is 0 Å². The molecule has 336 valence electrons. The summed E-state index contributed by atoms with van der Waals surface area (Å²) in [5.41, 5.74) is 5.22. The number of para-hydroxylation sites is 1. The minimum atomic E-state index is 0.0186. The van der Waals surface area contributed by atoms with Crippen LogP contribution in [0.2, 0.25) is 0 Å². The Morgan fingerprint density at radius 1 is 0.323 bits per heavy atom. The molecule has 0 radical (unpaired) electrons. The van der Waals surface area contributed by atoms with Gasteiger partial charge in [0.2, 0.25) is 0 Å². The van der Waals surface area contributed by atoms with Crippen LogP contribution in [0.3, 0.4) is 0 Å². The van der Waals surface area contributed by atoms with Gasteiger partial charge in [-0.25, -0.2) is 0 Å². The summed E-state index contributed by atoms with van der Waals surface area (Å²) in [5, 5.41) is 4.11. The number of fused-ring (bicyclic) bond motifs is 2. The predicted octanol–water partition coefficient (Wildman–Crippen LogP) is 12.3. The van der Waals surface area contributed by atoms with E-state index in [9.17, 15) is 28.8 Å². The minimum Gasteiger partial charge on any atom is -0.497 e. The topological polar surface area (TPSA) is 139 Å². The van der Waals surface area contributed by atoms with Gasteiger partial charge in [0.25, 0.3) is 0 Å². The van der Waals surface area contributed by atoms with Crippen LogP contribution in [-0.2, 0) is 0 Å². The fourth-order valence-corrected chi connectivity index (χ4v) is 6.07. The summed E-state index contributed by atoms with van der Waals surface area (Å²) in [6, 6.07) is 42.0. The lowest BCUT2D eigenvalue weighted by molar-refractivity contribution is 0.100. The molecule has 10 nitrogen and oxygen atoms in total. The summed E-state index contributed by atoms with van der Waals surface area (Å²) in [5.74, 6) is 3.52. The van der Waals surface area contributed by atoms with Gasteiger partial charge in [0.1, 0.15) is 11.5 Å². The molecular formula is C55H56O10. The Morgan fingerprint density at radius 3 is 0.938 bits per heavy atom. The van der Waals surface area contributed by atoms with Gasteiger partial charge in [-0.3, -0.25) is 28.8 Å². The normalized spacial score (nSPS) is 9.83. The Balaban J connectivity index is 0.000000218. The molecule has 0 aliphatic heterocycles. The van der Waals surface area contributed by atoms with Gasteiger partial charge in [0, 0.05) is 33.4 Å². The summed E-state index contributed by atoms with van der Waals surface area (Å²) in [4.78, 5) is 66.1. The number of aryl methyl sites for hydroxylation is 1. The van der Waals surface area contributed by atoms with Gasteiger partial charge in [-0.2, -0.15) is 0 Å². The number of rotatable bonds is 10. The molecule has 0 amide bonds.